The van der Waals surface area contributed by atoms with Crippen LogP contribution in [0, 0.1) is 18.2 Å². The molecule has 0 atom stereocenters. The lowest BCUT2D eigenvalue weighted by atomic mass is 10.1. The van der Waals surface area contributed by atoms with E-state index in [1.165, 1.54) is 12.3 Å². The molecule has 0 aliphatic rings. The van der Waals surface area contributed by atoms with E-state index < -0.39 is 11.9 Å². The fourth-order valence-electron chi connectivity index (χ4n) is 1.35. The van der Waals surface area contributed by atoms with Gasteiger partial charge in [-0.2, -0.15) is 9.78 Å². The number of hydrogen-bond acceptors (Lipinski definition) is 2. The molecule has 74 valence electrons. The Kier molecular flexibility index (Phi) is 1.90. The summed E-state index contributed by atoms with van der Waals surface area (Å²) in [6.45, 7) is 0. The van der Waals surface area contributed by atoms with Crippen molar-refractivity contribution in [1.29, 1.82) is 0 Å². The van der Waals surface area contributed by atoms with Crippen LogP contribution in [-0.2, 0) is 0 Å². The summed E-state index contributed by atoms with van der Waals surface area (Å²) in [5.41, 5.74) is 0.270. The summed E-state index contributed by atoms with van der Waals surface area (Å²) in [6, 6.07) is 2.61. The van der Waals surface area contributed by atoms with E-state index in [1.807, 2.05) is 0 Å². The van der Waals surface area contributed by atoms with E-state index in [2.05, 4.69) is 11.0 Å². The lowest BCUT2D eigenvalue weighted by Gasteiger charge is -1.98. The van der Waals surface area contributed by atoms with Gasteiger partial charge in [0.2, 0.25) is 0 Å². The highest BCUT2D eigenvalue weighted by molar-refractivity contribution is 5.88. The number of nitrogens with zero attached hydrogens (tertiary/aromatic N) is 2. The molecule has 0 radical (unpaired) electrons. The third-order valence-electron chi connectivity index (χ3n) is 1.96. The molecule has 15 heavy (non-hydrogen) atoms. The van der Waals surface area contributed by atoms with Crippen molar-refractivity contribution in [3.05, 3.63) is 29.7 Å². The number of fused-ring (bicyclic) bond motifs is 1. The first-order valence-corrected chi connectivity index (χ1v) is 4.00. The van der Waals surface area contributed by atoms with Gasteiger partial charge in [-0.05, 0) is 12.1 Å². The van der Waals surface area contributed by atoms with Gasteiger partial charge in [0.15, 0.2) is 5.82 Å². The summed E-state index contributed by atoms with van der Waals surface area (Å²) in [5.74, 6) is 1.58. The molecule has 1 aromatic heterocycles. The maximum absolute atomic E-state index is 13.5. The van der Waals surface area contributed by atoms with Crippen LogP contribution in [-0.4, -0.2) is 21.0 Å². The fraction of sp³-hybridized carbons (Fsp3) is 0. The molecule has 0 spiro atoms. The topological polar surface area (TPSA) is 55.1 Å². The van der Waals surface area contributed by atoms with Crippen molar-refractivity contribution in [3.8, 4) is 12.3 Å². The van der Waals surface area contributed by atoms with Crippen molar-refractivity contribution in [3.63, 3.8) is 0 Å². The van der Waals surface area contributed by atoms with Crippen molar-refractivity contribution in [2.45, 2.75) is 0 Å². The summed E-state index contributed by atoms with van der Waals surface area (Å²) in [4.78, 5) is 10.7. The lowest BCUT2D eigenvalue weighted by Crippen LogP contribution is -2.10. The number of benzene rings is 1. The summed E-state index contributed by atoms with van der Waals surface area (Å²) >= 11 is 0. The van der Waals surface area contributed by atoms with Crippen LogP contribution in [0.15, 0.2) is 18.3 Å². The number of rotatable bonds is 0. The average molecular weight is 204 g/mol. The lowest BCUT2D eigenvalue weighted by molar-refractivity contribution is 0.193. The molecular weight excluding hydrogens is 199 g/mol. The van der Waals surface area contributed by atoms with Crippen LogP contribution < -0.4 is 0 Å². The summed E-state index contributed by atoms with van der Waals surface area (Å²) in [6.07, 6.45) is 5.04. The van der Waals surface area contributed by atoms with Crippen molar-refractivity contribution < 1.29 is 14.3 Å². The highest BCUT2D eigenvalue weighted by Gasteiger charge is 2.13. The standard InChI is InChI=1S/C10H5FN2O2/c1-2-6-3-7-5-12-13(10(14)15)9(7)8(11)4-6/h1,3-5H,(H,14,15). The van der Waals surface area contributed by atoms with Gasteiger partial charge in [-0.1, -0.05) is 5.92 Å². The van der Waals surface area contributed by atoms with Gasteiger partial charge in [0, 0.05) is 10.9 Å². The summed E-state index contributed by atoms with van der Waals surface area (Å²) in [5, 5.41) is 12.6. The zero-order valence-corrected chi connectivity index (χ0v) is 7.44. The molecular formula is C10H5FN2O2. The quantitative estimate of drug-likeness (QED) is 0.664. The van der Waals surface area contributed by atoms with Gasteiger partial charge in [0.1, 0.15) is 5.52 Å². The van der Waals surface area contributed by atoms with Crippen molar-refractivity contribution >= 4 is 17.0 Å². The molecule has 0 unspecified atom stereocenters. The Morgan fingerprint density at radius 1 is 1.60 bits per heavy atom. The minimum Gasteiger partial charge on any atom is -0.463 e. The Morgan fingerprint density at radius 2 is 2.33 bits per heavy atom. The fourth-order valence-corrected chi connectivity index (χ4v) is 1.35. The third kappa shape index (κ3) is 1.32. The van der Waals surface area contributed by atoms with Crippen molar-refractivity contribution in [2.75, 3.05) is 0 Å². The molecule has 5 heteroatoms. The van der Waals surface area contributed by atoms with E-state index in [4.69, 9.17) is 11.5 Å². The number of aromatic nitrogens is 2. The molecule has 0 saturated carbocycles. The monoisotopic (exact) mass is 204 g/mol. The van der Waals surface area contributed by atoms with Crippen LogP contribution in [0.2, 0.25) is 0 Å². The first-order valence-electron chi connectivity index (χ1n) is 4.00. The van der Waals surface area contributed by atoms with Crippen LogP contribution >= 0.6 is 0 Å². The average Bonchev–Trinajstić information content (AvgIpc) is 2.61. The van der Waals surface area contributed by atoms with E-state index in [0.717, 1.165) is 6.07 Å². The molecule has 0 aliphatic heterocycles. The van der Waals surface area contributed by atoms with Crippen molar-refractivity contribution in [1.82, 2.24) is 9.78 Å². The van der Waals surface area contributed by atoms with Crippen LogP contribution in [0.5, 0.6) is 0 Å². The van der Waals surface area contributed by atoms with E-state index in [1.54, 1.807) is 0 Å². The molecule has 0 amide bonds. The smallest absolute Gasteiger partial charge is 0.432 e. The van der Waals surface area contributed by atoms with Gasteiger partial charge >= 0.3 is 6.09 Å². The van der Waals surface area contributed by atoms with Crippen LogP contribution in [0.1, 0.15) is 5.56 Å². The second-order valence-electron chi connectivity index (χ2n) is 2.88. The Morgan fingerprint density at radius 3 is 2.93 bits per heavy atom. The largest absolute Gasteiger partial charge is 0.463 e. The molecule has 0 aliphatic carbocycles. The predicted molar refractivity (Wildman–Crippen MR) is 51.0 cm³/mol. The molecule has 1 aromatic carbocycles. The van der Waals surface area contributed by atoms with Crippen LogP contribution in [0.3, 0.4) is 0 Å². The maximum atomic E-state index is 13.5. The SMILES string of the molecule is C#Cc1cc(F)c2c(cnn2C(=O)O)c1. The number of terminal acetylenes is 1. The Labute approximate surface area is 83.9 Å². The number of carboxylic acid groups (broad SMARTS) is 1. The molecule has 1 N–H and O–H groups in total. The second kappa shape index (κ2) is 3.10. The molecule has 0 fully saturated rings. The van der Waals surface area contributed by atoms with E-state index >= 15 is 0 Å². The highest BCUT2D eigenvalue weighted by Crippen LogP contribution is 2.19. The van der Waals surface area contributed by atoms with Gasteiger partial charge in [0.05, 0.1) is 6.20 Å². The molecule has 1 heterocycles. The first-order chi connectivity index (χ1) is 7.13. The van der Waals surface area contributed by atoms with E-state index in [9.17, 15) is 9.18 Å². The zero-order valence-electron chi connectivity index (χ0n) is 7.44. The van der Waals surface area contributed by atoms with Gasteiger partial charge in [0.25, 0.3) is 0 Å². The number of halogens is 1. The molecule has 0 bridgehead atoms. The van der Waals surface area contributed by atoms with E-state index in [-0.39, 0.29) is 5.52 Å². The Balaban J connectivity index is 2.84. The van der Waals surface area contributed by atoms with Gasteiger partial charge in [-0.15, -0.1) is 6.42 Å². The first kappa shape index (κ1) is 9.21. The molecule has 2 rings (SSSR count). The summed E-state index contributed by atoms with van der Waals surface area (Å²) in [7, 11) is 0. The van der Waals surface area contributed by atoms with Gasteiger partial charge in [-0.25, -0.2) is 9.18 Å². The minimum atomic E-state index is -1.34. The third-order valence-corrected chi connectivity index (χ3v) is 1.96. The normalized spacial score (nSPS) is 10.1. The maximum Gasteiger partial charge on any atom is 0.432 e. The molecule has 2 aromatic rings. The predicted octanol–water partition coefficient (Wildman–Crippen LogP) is 1.68. The minimum absolute atomic E-state index is 0.0819. The van der Waals surface area contributed by atoms with Crippen molar-refractivity contribution in [2.24, 2.45) is 0 Å². The highest BCUT2D eigenvalue weighted by atomic mass is 19.1. The zero-order chi connectivity index (χ0) is 11.0. The van der Waals surface area contributed by atoms with Crippen LogP contribution in [0.25, 0.3) is 10.9 Å². The van der Waals surface area contributed by atoms with Gasteiger partial charge in [-0.3, -0.25) is 0 Å². The number of carbonyl (C=O) groups is 1. The number of hydrogen-bond donors (Lipinski definition) is 1. The Bertz CT molecular complexity index is 595. The van der Waals surface area contributed by atoms with Crippen LogP contribution in [0.4, 0.5) is 9.18 Å². The van der Waals surface area contributed by atoms with E-state index in [0.29, 0.717) is 15.6 Å². The summed E-state index contributed by atoms with van der Waals surface area (Å²) < 4.78 is 14.0. The molecule has 4 nitrogen and oxygen atoms in total. The molecule has 0 saturated heterocycles. The second-order valence-corrected chi connectivity index (χ2v) is 2.88. The van der Waals surface area contributed by atoms with Gasteiger partial charge < -0.3 is 5.11 Å². The Hall–Kier alpha value is -2.35.